The lowest BCUT2D eigenvalue weighted by atomic mass is 10.1. The number of rotatable bonds is 6. The maximum Gasteiger partial charge on any atom is 0.220 e. The molecule has 0 radical (unpaired) electrons. The zero-order valence-electron chi connectivity index (χ0n) is 16.4. The van der Waals surface area contributed by atoms with Crippen molar-refractivity contribution < 1.29 is 9.47 Å². The normalized spacial score (nSPS) is 13.5. The molecule has 3 aromatic rings. The maximum atomic E-state index is 6.04. The summed E-state index contributed by atoms with van der Waals surface area (Å²) in [7, 11) is 1.67. The van der Waals surface area contributed by atoms with Crippen LogP contribution in [0.1, 0.15) is 17.5 Å². The van der Waals surface area contributed by atoms with Gasteiger partial charge in [0.25, 0.3) is 0 Å². The third kappa shape index (κ3) is 5.30. The van der Waals surface area contributed by atoms with E-state index in [0.717, 1.165) is 28.5 Å². The van der Waals surface area contributed by atoms with E-state index in [1.807, 2.05) is 66.1 Å². The Hall–Kier alpha value is -2.98. The average molecular weight is 402 g/mol. The van der Waals surface area contributed by atoms with E-state index < -0.39 is 0 Å². The van der Waals surface area contributed by atoms with Crippen LogP contribution in [0.25, 0.3) is 0 Å². The molecule has 0 unspecified atom stereocenters. The predicted molar refractivity (Wildman–Crippen MR) is 121 cm³/mol. The summed E-state index contributed by atoms with van der Waals surface area (Å²) in [6.45, 7) is 0. The van der Waals surface area contributed by atoms with Crippen LogP contribution in [0.3, 0.4) is 0 Å². The Kier molecular flexibility index (Phi) is 6.32. The standard InChI is InChI=1S/C25H23NO2S/c1-27-22-12-14-24(15-13-22)29-17-16-25(28-23-8-3-2-4-9-23)26-21-11-10-19-6-5-7-20(19)18-21/h2-4,8-18H,5-7H2,1H3/b17-16+,26-25?. The van der Waals surface area contributed by atoms with Crippen molar-refractivity contribution in [1.29, 1.82) is 0 Å². The second-order valence-electron chi connectivity index (χ2n) is 6.77. The highest BCUT2D eigenvalue weighted by Gasteiger charge is 2.11. The summed E-state index contributed by atoms with van der Waals surface area (Å²) in [6, 6.07) is 24.2. The summed E-state index contributed by atoms with van der Waals surface area (Å²) >= 11 is 1.61. The van der Waals surface area contributed by atoms with Gasteiger partial charge in [-0.05, 0) is 84.3 Å². The maximum absolute atomic E-state index is 6.04. The summed E-state index contributed by atoms with van der Waals surface area (Å²) in [6.07, 6.45) is 5.45. The van der Waals surface area contributed by atoms with Crippen molar-refractivity contribution in [2.45, 2.75) is 24.2 Å². The highest BCUT2D eigenvalue weighted by atomic mass is 32.2. The fraction of sp³-hybridized carbons (Fsp3) is 0.160. The molecule has 0 N–H and O–H groups in total. The van der Waals surface area contributed by atoms with Crippen LogP contribution in [0, 0.1) is 0 Å². The van der Waals surface area contributed by atoms with Gasteiger partial charge >= 0.3 is 0 Å². The summed E-state index contributed by atoms with van der Waals surface area (Å²) in [5.74, 6) is 2.19. The largest absolute Gasteiger partial charge is 0.497 e. The number of ether oxygens (including phenoxy) is 2. The van der Waals surface area contributed by atoms with Crippen LogP contribution in [0.15, 0.2) is 94.2 Å². The third-order valence-electron chi connectivity index (χ3n) is 4.76. The van der Waals surface area contributed by atoms with Crippen molar-refractivity contribution >= 4 is 23.3 Å². The average Bonchev–Trinajstić information content (AvgIpc) is 3.23. The van der Waals surface area contributed by atoms with Gasteiger partial charge in [-0.1, -0.05) is 36.0 Å². The van der Waals surface area contributed by atoms with Crippen molar-refractivity contribution in [3.05, 3.63) is 95.4 Å². The van der Waals surface area contributed by atoms with E-state index in [1.54, 1.807) is 18.9 Å². The number of para-hydroxylation sites is 1. The molecule has 1 aliphatic carbocycles. The fourth-order valence-electron chi connectivity index (χ4n) is 3.28. The van der Waals surface area contributed by atoms with Gasteiger partial charge in [0.05, 0.1) is 12.8 Å². The molecule has 0 heterocycles. The summed E-state index contributed by atoms with van der Waals surface area (Å²) in [5.41, 5.74) is 3.78. The lowest BCUT2D eigenvalue weighted by molar-refractivity contribution is 0.414. The van der Waals surface area contributed by atoms with E-state index in [4.69, 9.17) is 14.5 Å². The quantitative estimate of drug-likeness (QED) is 0.265. The molecule has 3 aromatic carbocycles. The van der Waals surface area contributed by atoms with Crippen LogP contribution in [-0.2, 0) is 12.8 Å². The Bertz CT molecular complexity index is 1010. The molecule has 0 aliphatic heterocycles. The first-order chi connectivity index (χ1) is 14.3. The smallest absolute Gasteiger partial charge is 0.220 e. The van der Waals surface area contributed by atoms with Gasteiger partial charge in [0.15, 0.2) is 0 Å². The van der Waals surface area contributed by atoms with Gasteiger partial charge in [0.1, 0.15) is 11.5 Å². The molecule has 0 saturated carbocycles. The van der Waals surface area contributed by atoms with Crippen LogP contribution in [0.4, 0.5) is 5.69 Å². The number of nitrogens with zero attached hydrogens (tertiary/aromatic N) is 1. The number of hydrogen-bond acceptors (Lipinski definition) is 4. The molecular weight excluding hydrogens is 378 g/mol. The van der Waals surface area contributed by atoms with E-state index in [-0.39, 0.29) is 0 Å². The monoisotopic (exact) mass is 401 g/mol. The van der Waals surface area contributed by atoms with E-state index in [1.165, 1.54) is 24.0 Å². The first kappa shape index (κ1) is 19.3. The van der Waals surface area contributed by atoms with Crippen LogP contribution in [-0.4, -0.2) is 13.0 Å². The molecule has 0 fully saturated rings. The zero-order valence-corrected chi connectivity index (χ0v) is 17.2. The Morgan fingerprint density at radius 1 is 0.897 bits per heavy atom. The fourth-order valence-corrected chi connectivity index (χ4v) is 3.92. The number of hydrogen-bond donors (Lipinski definition) is 0. The topological polar surface area (TPSA) is 30.8 Å². The molecule has 0 amide bonds. The van der Waals surface area contributed by atoms with E-state index >= 15 is 0 Å². The van der Waals surface area contributed by atoms with Gasteiger partial charge in [-0.2, -0.15) is 0 Å². The number of benzene rings is 3. The van der Waals surface area contributed by atoms with Crippen molar-refractivity contribution in [1.82, 2.24) is 0 Å². The number of aryl methyl sites for hydroxylation is 2. The first-order valence-electron chi connectivity index (χ1n) is 9.71. The number of aliphatic imine (C=N–C) groups is 1. The van der Waals surface area contributed by atoms with Crippen LogP contribution in [0.5, 0.6) is 11.5 Å². The van der Waals surface area contributed by atoms with Gasteiger partial charge in [0.2, 0.25) is 5.90 Å². The van der Waals surface area contributed by atoms with Crippen LogP contribution < -0.4 is 9.47 Å². The molecule has 4 rings (SSSR count). The summed E-state index contributed by atoms with van der Waals surface area (Å²) < 4.78 is 11.3. The molecule has 0 bridgehead atoms. The molecule has 4 heteroatoms. The zero-order chi connectivity index (χ0) is 19.9. The van der Waals surface area contributed by atoms with Gasteiger partial charge < -0.3 is 9.47 Å². The minimum atomic E-state index is 0.565. The van der Waals surface area contributed by atoms with Crippen molar-refractivity contribution in [3.63, 3.8) is 0 Å². The molecular formula is C25H23NO2S. The SMILES string of the molecule is COc1ccc(S/C=C/C(=Nc2ccc3c(c2)CCC3)Oc2ccccc2)cc1. The Labute approximate surface area is 176 Å². The molecule has 1 aliphatic rings. The lowest BCUT2D eigenvalue weighted by Crippen LogP contribution is -2.04. The lowest BCUT2D eigenvalue weighted by Gasteiger charge is -2.07. The van der Waals surface area contributed by atoms with Crippen molar-refractivity contribution in [3.8, 4) is 11.5 Å². The first-order valence-corrected chi connectivity index (χ1v) is 10.6. The second-order valence-corrected chi connectivity index (χ2v) is 7.75. The van der Waals surface area contributed by atoms with Crippen molar-refractivity contribution in [2.75, 3.05) is 7.11 Å². The molecule has 0 spiro atoms. The molecule has 0 aromatic heterocycles. The Morgan fingerprint density at radius 2 is 1.69 bits per heavy atom. The summed E-state index contributed by atoms with van der Waals surface area (Å²) in [4.78, 5) is 5.89. The Balaban J connectivity index is 1.54. The Morgan fingerprint density at radius 3 is 2.48 bits per heavy atom. The van der Waals surface area contributed by atoms with Crippen LogP contribution >= 0.6 is 11.8 Å². The molecule has 146 valence electrons. The number of methoxy groups -OCH3 is 1. The summed E-state index contributed by atoms with van der Waals surface area (Å²) in [5, 5.41) is 2.00. The third-order valence-corrected chi connectivity index (χ3v) is 5.58. The minimum Gasteiger partial charge on any atom is -0.497 e. The van der Waals surface area contributed by atoms with Gasteiger partial charge in [-0.15, -0.1) is 0 Å². The van der Waals surface area contributed by atoms with E-state index in [2.05, 4.69) is 18.2 Å². The van der Waals surface area contributed by atoms with Gasteiger partial charge in [0, 0.05) is 11.0 Å². The van der Waals surface area contributed by atoms with Gasteiger partial charge in [-0.25, -0.2) is 4.99 Å². The molecule has 3 nitrogen and oxygen atoms in total. The second kappa shape index (κ2) is 9.48. The highest BCUT2D eigenvalue weighted by molar-refractivity contribution is 8.02. The number of thioether (sulfide) groups is 1. The number of fused-ring (bicyclic) bond motifs is 1. The van der Waals surface area contributed by atoms with E-state index in [9.17, 15) is 0 Å². The van der Waals surface area contributed by atoms with Crippen LogP contribution in [0.2, 0.25) is 0 Å². The van der Waals surface area contributed by atoms with Crippen molar-refractivity contribution in [2.24, 2.45) is 4.99 Å². The predicted octanol–water partition coefficient (Wildman–Crippen LogP) is 6.60. The minimum absolute atomic E-state index is 0.565. The van der Waals surface area contributed by atoms with Gasteiger partial charge in [-0.3, -0.25) is 0 Å². The molecule has 29 heavy (non-hydrogen) atoms. The molecule has 0 saturated heterocycles. The molecule has 0 atom stereocenters. The highest BCUT2D eigenvalue weighted by Crippen LogP contribution is 2.27. The van der Waals surface area contributed by atoms with E-state index in [0.29, 0.717) is 5.90 Å².